The number of nitrogens with zero attached hydrogens (tertiary/aromatic N) is 4. The summed E-state index contributed by atoms with van der Waals surface area (Å²) in [6.45, 7) is -0.0519. The number of fused-ring (bicyclic) bond motifs is 1. The number of benzene rings is 1. The lowest BCUT2D eigenvalue weighted by Gasteiger charge is -2.29. The zero-order valence-electron chi connectivity index (χ0n) is 14.1. The topological polar surface area (TPSA) is 68.1 Å². The second kappa shape index (κ2) is 7.55. The summed E-state index contributed by atoms with van der Waals surface area (Å²) in [6, 6.07) is 7.33. The van der Waals surface area contributed by atoms with Crippen molar-refractivity contribution in [1.82, 2.24) is 19.9 Å². The molecular weight excluding hydrogens is 304 g/mol. The Morgan fingerprint density at radius 2 is 1.83 bits per heavy atom. The molecule has 128 valence electrons. The van der Waals surface area contributed by atoms with Gasteiger partial charge in [-0.15, -0.1) is 5.10 Å². The molecule has 0 saturated heterocycles. The van der Waals surface area contributed by atoms with Gasteiger partial charge in [-0.1, -0.05) is 49.5 Å². The average Bonchev–Trinajstić information content (AvgIpc) is 2.57. The van der Waals surface area contributed by atoms with Crippen molar-refractivity contribution >= 4 is 16.8 Å². The molecule has 0 radical (unpaired) electrons. The average molecular weight is 328 g/mol. The summed E-state index contributed by atoms with van der Waals surface area (Å²) in [7, 11) is 1.84. The minimum atomic E-state index is -0.264. The number of carbonyl (C=O) groups is 1. The highest BCUT2D eigenvalue weighted by Crippen LogP contribution is 2.20. The second-order valence-electron chi connectivity index (χ2n) is 6.57. The first-order chi connectivity index (χ1) is 11.7. The number of hydrogen-bond donors (Lipinski definition) is 0. The highest BCUT2D eigenvalue weighted by Gasteiger charge is 2.21. The molecule has 1 fully saturated rings. The van der Waals surface area contributed by atoms with Gasteiger partial charge in [-0.2, -0.15) is 0 Å². The van der Waals surface area contributed by atoms with Crippen LogP contribution in [0.5, 0.6) is 0 Å². The van der Waals surface area contributed by atoms with E-state index in [-0.39, 0.29) is 24.1 Å². The Morgan fingerprint density at radius 1 is 1.17 bits per heavy atom. The summed E-state index contributed by atoms with van der Waals surface area (Å²) in [5, 5.41) is 8.44. The lowest BCUT2D eigenvalue weighted by molar-refractivity contribution is -0.133. The van der Waals surface area contributed by atoms with Gasteiger partial charge in [-0.25, -0.2) is 4.68 Å². The molecule has 1 aliphatic carbocycles. The van der Waals surface area contributed by atoms with Crippen molar-refractivity contribution in [2.24, 2.45) is 0 Å². The third kappa shape index (κ3) is 3.63. The van der Waals surface area contributed by atoms with Crippen LogP contribution in [0.1, 0.15) is 44.9 Å². The molecule has 1 aromatic heterocycles. The Morgan fingerprint density at radius 3 is 2.58 bits per heavy atom. The molecule has 6 heteroatoms. The van der Waals surface area contributed by atoms with Crippen molar-refractivity contribution in [1.29, 1.82) is 0 Å². The lowest BCUT2D eigenvalue weighted by atomic mass is 9.96. The fraction of sp³-hybridized carbons (Fsp3) is 0.556. The van der Waals surface area contributed by atoms with Crippen LogP contribution in [0.4, 0.5) is 0 Å². The minimum Gasteiger partial charge on any atom is -0.341 e. The molecule has 0 N–H and O–H groups in total. The first-order valence-electron chi connectivity index (χ1n) is 8.75. The molecule has 3 rings (SSSR count). The van der Waals surface area contributed by atoms with Crippen LogP contribution in [0, 0.1) is 0 Å². The smallest absolute Gasteiger partial charge is 0.278 e. The van der Waals surface area contributed by atoms with E-state index in [1.807, 2.05) is 13.1 Å². The predicted molar refractivity (Wildman–Crippen MR) is 92.7 cm³/mol. The Hall–Kier alpha value is -2.24. The Labute approximate surface area is 141 Å². The van der Waals surface area contributed by atoms with E-state index in [1.54, 1.807) is 23.1 Å². The van der Waals surface area contributed by atoms with Gasteiger partial charge in [0.1, 0.15) is 12.1 Å². The van der Waals surface area contributed by atoms with Gasteiger partial charge in [0.15, 0.2) is 0 Å². The van der Waals surface area contributed by atoms with Crippen LogP contribution in [0.3, 0.4) is 0 Å². The summed E-state index contributed by atoms with van der Waals surface area (Å²) in [4.78, 5) is 26.8. The Balaban J connectivity index is 1.74. The Kier molecular flexibility index (Phi) is 5.23. The first kappa shape index (κ1) is 16.6. The van der Waals surface area contributed by atoms with Crippen LogP contribution in [0.25, 0.3) is 10.9 Å². The molecule has 0 spiro atoms. The van der Waals surface area contributed by atoms with Crippen LogP contribution in [-0.2, 0) is 11.3 Å². The normalized spacial score (nSPS) is 16.5. The first-order valence-corrected chi connectivity index (χ1v) is 8.75. The van der Waals surface area contributed by atoms with Crippen LogP contribution >= 0.6 is 0 Å². The van der Waals surface area contributed by atoms with Crippen molar-refractivity contribution in [3.05, 3.63) is 34.6 Å². The van der Waals surface area contributed by atoms with E-state index in [4.69, 9.17) is 0 Å². The molecule has 0 aliphatic heterocycles. The quantitative estimate of drug-likeness (QED) is 0.867. The summed E-state index contributed by atoms with van der Waals surface area (Å²) in [6.07, 6.45) is 8.20. The van der Waals surface area contributed by atoms with E-state index in [0.717, 1.165) is 25.7 Å². The maximum absolute atomic E-state index is 12.6. The summed E-state index contributed by atoms with van der Waals surface area (Å²) < 4.78 is 1.17. The third-order valence-electron chi connectivity index (χ3n) is 4.93. The van der Waals surface area contributed by atoms with Crippen LogP contribution in [0.2, 0.25) is 0 Å². The molecule has 1 aromatic carbocycles. The highest BCUT2D eigenvalue weighted by atomic mass is 16.2. The SMILES string of the molecule is CN(C(=O)Cn1nnc2ccccc2c1=O)C1CCCCCCC1. The molecule has 2 aromatic rings. The van der Waals surface area contributed by atoms with Gasteiger partial charge < -0.3 is 4.90 Å². The molecule has 0 unspecified atom stereocenters. The number of rotatable bonds is 3. The maximum Gasteiger partial charge on any atom is 0.278 e. The standard InChI is InChI=1S/C18H24N4O2/c1-21(14-9-5-3-2-4-6-10-14)17(23)13-22-18(24)15-11-7-8-12-16(15)19-20-22/h7-8,11-12,14H,2-6,9-10,13H2,1H3. The molecule has 1 heterocycles. The van der Waals surface area contributed by atoms with Gasteiger partial charge in [-0.05, 0) is 25.0 Å². The van der Waals surface area contributed by atoms with E-state index >= 15 is 0 Å². The van der Waals surface area contributed by atoms with Crippen molar-refractivity contribution in [2.75, 3.05) is 7.05 Å². The van der Waals surface area contributed by atoms with Crippen molar-refractivity contribution in [2.45, 2.75) is 57.5 Å². The molecule has 1 saturated carbocycles. The highest BCUT2D eigenvalue weighted by molar-refractivity contribution is 5.78. The molecule has 1 aliphatic rings. The van der Waals surface area contributed by atoms with E-state index in [1.165, 1.54) is 23.9 Å². The molecular formula is C18H24N4O2. The largest absolute Gasteiger partial charge is 0.341 e. The van der Waals surface area contributed by atoms with Crippen LogP contribution in [0.15, 0.2) is 29.1 Å². The number of aromatic nitrogens is 3. The molecule has 24 heavy (non-hydrogen) atoms. The zero-order chi connectivity index (χ0) is 16.9. The molecule has 0 bridgehead atoms. The number of carbonyl (C=O) groups excluding carboxylic acids is 1. The van der Waals surface area contributed by atoms with Crippen molar-refractivity contribution < 1.29 is 4.79 Å². The van der Waals surface area contributed by atoms with Gasteiger partial charge in [0.25, 0.3) is 5.56 Å². The van der Waals surface area contributed by atoms with Gasteiger partial charge in [-0.3, -0.25) is 9.59 Å². The van der Waals surface area contributed by atoms with Crippen molar-refractivity contribution in [3.63, 3.8) is 0 Å². The fourth-order valence-electron chi connectivity index (χ4n) is 3.39. The van der Waals surface area contributed by atoms with Gasteiger partial charge >= 0.3 is 0 Å². The summed E-state index contributed by atoms with van der Waals surface area (Å²) >= 11 is 0. The van der Waals surface area contributed by atoms with Crippen molar-refractivity contribution in [3.8, 4) is 0 Å². The fourth-order valence-corrected chi connectivity index (χ4v) is 3.39. The zero-order valence-corrected chi connectivity index (χ0v) is 14.1. The Bertz CT molecular complexity index is 763. The number of hydrogen-bond acceptors (Lipinski definition) is 4. The van der Waals surface area contributed by atoms with Gasteiger partial charge in [0.05, 0.1) is 5.39 Å². The van der Waals surface area contributed by atoms with Gasteiger partial charge in [0.2, 0.25) is 5.91 Å². The predicted octanol–water partition coefficient (Wildman–Crippen LogP) is 2.36. The molecule has 6 nitrogen and oxygen atoms in total. The number of amides is 1. The second-order valence-corrected chi connectivity index (χ2v) is 6.57. The number of likely N-dealkylation sites (N-methyl/N-ethyl adjacent to an activating group) is 1. The summed E-state index contributed by atoms with van der Waals surface area (Å²) in [5.74, 6) is -0.0766. The molecule has 0 atom stereocenters. The minimum absolute atomic E-state index is 0.0519. The monoisotopic (exact) mass is 328 g/mol. The molecule has 1 amide bonds. The van der Waals surface area contributed by atoms with Crippen LogP contribution < -0.4 is 5.56 Å². The lowest BCUT2D eigenvalue weighted by Crippen LogP contribution is -2.41. The van der Waals surface area contributed by atoms with Gasteiger partial charge in [0, 0.05) is 13.1 Å². The van der Waals surface area contributed by atoms with E-state index < -0.39 is 0 Å². The summed E-state index contributed by atoms with van der Waals surface area (Å²) in [5.41, 5.74) is 0.291. The van der Waals surface area contributed by atoms with Crippen LogP contribution in [-0.4, -0.2) is 38.9 Å². The maximum atomic E-state index is 12.6. The van der Waals surface area contributed by atoms with E-state index in [2.05, 4.69) is 10.3 Å². The van der Waals surface area contributed by atoms with E-state index in [0.29, 0.717) is 10.9 Å². The third-order valence-corrected chi connectivity index (χ3v) is 4.93. The van der Waals surface area contributed by atoms with E-state index in [9.17, 15) is 9.59 Å².